The molecule has 4 rings (SSSR count). The number of thiophene rings is 1. The summed E-state index contributed by atoms with van der Waals surface area (Å²) in [5.74, 6) is 0.916. The summed E-state index contributed by atoms with van der Waals surface area (Å²) in [6.45, 7) is 2.21. The number of methoxy groups -OCH3 is 1. The van der Waals surface area contributed by atoms with E-state index in [2.05, 4.69) is 25.1 Å². The Labute approximate surface area is 122 Å². The maximum absolute atomic E-state index is 10.3. The second-order valence-electron chi connectivity index (χ2n) is 6.06. The highest BCUT2D eigenvalue weighted by atomic mass is 32.1. The van der Waals surface area contributed by atoms with Crippen LogP contribution in [0, 0.1) is 5.41 Å². The van der Waals surface area contributed by atoms with Gasteiger partial charge in [-0.25, -0.2) is 0 Å². The minimum atomic E-state index is -0.217. The molecule has 0 bridgehead atoms. The molecule has 1 aromatic carbocycles. The van der Waals surface area contributed by atoms with Crippen molar-refractivity contribution in [2.24, 2.45) is 5.41 Å². The summed E-state index contributed by atoms with van der Waals surface area (Å²) < 4.78 is 6.62. The Bertz CT molecular complexity index is 728. The third-order valence-electron chi connectivity index (χ3n) is 5.03. The highest BCUT2D eigenvalue weighted by molar-refractivity contribution is 7.20. The molecule has 0 spiro atoms. The lowest BCUT2D eigenvalue weighted by Gasteiger charge is -2.35. The van der Waals surface area contributed by atoms with Crippen LogP contribution < -0.4 is 4.74 Å². The molecular formula is C17H18O2S. The molecule has 2 nitrogen and oxygen atoms in total. The molecule has 1 aromatic heterocycles. The number of rotatable bonds is 1. The largest absolute Gasteiger partial charge is 0.497 e. The lowest BCUT2D eigenvalue weighted by atomic mass is 9.71. The number of aliphatic hydroxyl groups is 1. The van der Waals surface area contributed by atoms with Gasteiger partial charge in [-0.05, 0) is 54.0 Å². The van der Waals surface area contributed by atoms with Crippen molar-refractivity contribution in [2.75, 3.05) is 7.11 Å². The first-order chi connectivity index (χ1) is 9.63. The first kappa shape index (κ1) is 12.4. The zero-order chi connectivity index (χ0) is 13.9. The van der Waals surface area contributed by atoms with Gasteiger partial charge in [-0.3, -0.25) is 0 Å². The highest BCUT2D eigenvalue weighted by Gasteiger charge is 2.44. The van der Waals surface area contributed by atoms with E-state index in [4.69, 9.17) is 4.74 Å². The van der Waals surface area contributed by atoms with Crippen LogP contribution in [-0.2, 0) is 6.42 Å². The van der Waals surface area contributed by atoms with Crippen molar-refractivity contribution in [3.05, 3.63) is 34.7 Å². The van der Waals surface area contributed by atoms with Crippen molar-refractivity contribution in [3.63, 3.8) is 0 Å². The van der Waals surface area contributed by atoms with Gasteiger partial charge in [0.15, 0.2) is 0 Å². The summed E-state index contributed by atoms with van der Waals surface area (Å²) in [6, 6.07) is 6.35. The number of hydrogen-bond acceptors (Lipinski definition) is 3. The number of benzene rings is 1. The van der Waals surface area contributed by atoms with Gasteiger partial charge in [-0.2, -0.15) is 0 Å². The van der Waals surface area contributed by atoms with Crippen molar-refractivity contribution >= 4 is 27.0 Å². The first-order valence-electron chi connectivity index (χ1n) is 7.12. The van der Waals surface area contributed by atoms with Crippen LogP contribution in [0.2, 0.25) is 0 Å². The summed E-state index contributed by atoms with van der Waals surface area (Å²) in [7, 11) is 1.71. The molecule has 0 aliphatic heterocycles. The minimum absolute atomic E-state index is 0.0437. The predicted octanol–water partition coefficient (Wildman–Crippen LogP) is 4.01. The van der Waals surface area contributed by atoms with Crippen LogP contribution in [0.25, 0.3) is 15.7 Å². The van der Waals surface area contributed by atoms with E-state index >= 15 is 0 Å². The molecule has 1 heterocycles. The van der Waals surface area contributed by atoms with E-state index in [1.807, 2.05) is 17.4 Å². The molecule has 20 heavy (non-hydrogen) atoms. The van der Waals surface area contributed by atoms with E-state index in [1.165, 1.54) is 26.1 Å². The lowest BCUT2D eigenvalue weighted by Crippen LogP contribution is -2.32. The maximum Gasteiger partial charge on any atom is 0.120 e. The fourth-order valence-electron chi connectivity index (χ4n) is 3.66. The standard InChI is InChI=1S/C17H18O2S/c1-17-8-7-12-11-4-3-10(19-2)9-14(11)20-16(12)13(17)5-6-15(17)18/h3-5,9,15,18H,6-8H2,1-2H3/t15-,17-/m1/s1. The Balaban J connectivity index is 1.94. The van der Waals surface area contributed by atoms with Crippen molar-refractivity contribution < 1.29 is 9.84 Å². The number of fused-ring (bicyclic) bond motifs is 5. The van der Waals surface area contributed by atoms with Gasteiger partial charge in [0, 0.05) is 15.0 Å². The normalized spacial score (nSPS) is 28.1. The third-order valence-corrected chi connectivity index (χ3v) is 6.26. The maximum atomic E-state index is 10.3. The van der Waals surface area contributed by atoms with E-state index in [0.717, 1.165) is 25.0 Å². The summed E-state index contributed by atoms with van der Waals surface area (Å²) in [5, 5.41) is 11.7. The molecule has 0 amide bonds. The zero-order valence-electron chi connectivity index (χ0n) is 11.8. The average Bonchev–Trinajstić information content (AvgIpc) is 2.96. The molecule has 2 aromatic rings. The van der Waals surface area contributed by atoms with Crippen LogP contribution in [0.1, 0.15) is 30.2 Å². The van der Waals surface area contributed by atoms with Crippen LogP contribution in [0.15, 0.2) is 24.3 Å². The Morgan fingerprint density at radius 3 is 3.05 bits per heavy atom. The molecule has 2 atom stereocenters. The predicted molar refractivity (Wildman–Crippen MR) is 83.4 cm³/mol. The second-order valence-corrected chi connectivity index (χ2v) is 7.11. The van der Waals surface area contributed by atoms with Crippen LogP contribution >= 0.6 is 11.3 Å². The summed E-state index contributed by atoms with van der Waals surface area (Å²) in [6.07, 6.45) is 4.93. The molecule has 0 unspecified atom stereocenters. The fourth-order valence-corrected chi connectivity index (χ4v) is 5.12. The molecule has 1 N–H and O–H groups in total. The van der Waals surface area contributed by atoms with E-state index < -0.39 is 0 Å². The molecule has 104 valence electrons. The van der Waals surface area contributed by atoms with Gasteiger partial charge >= 0.3 is 0 Å². The van der Waals surface area contributed by atoms with Crippen molar-refractivity contribution in [3.8, 4) is 5.75 Å². The average molecular weight is 286 g/mol. The number of aryl methyl sites for hydroxylation is 1. The Morgan fingerprint density at radius 2 is 2.25 bits per heavy atom. The molecule has 0 saturated carbocycles. The minimum Gasteiger partial charge on any atom is -0.497 e. The van der Waals surface area contributed by atoms with Gasteiger partial charge in [0.1, 0.15) is 5.75 Å². The van der Waals surface area contributed by atoms with Crippen LogP contribution in [-0.4, -0.2) is 18.3 Å². The van der Waals surface area contributed by atoms with Crippen molar-refractivity contribution in [1.29, 1.82) is 0 Å². The van der Waals surface area contributed by atoms with Crippen LogP contribution in [0.3, 0.4) is 0 Å². The Morgan fingerprint density at radius 1 is 1.40 bits per heavy atom. The first-order valence-corrected chi connectivity index (χ1v) is 7.93. The van der Waals surface area contributed by atoms with Crippen LogP contribution in [0.4, 0.5) is 0 Å². The lowest BCUT2D eigenvalue weighted by molar-refractivity contribution is 0.0830. The van der Waals surface area contributed by atoms with Gasteiger partial charge in [-0.15, -0.1) is 11.3 Å². The van der Waals surface area contributed by atoms with Gasteiger partial charge in [-0.1, -0.05) is 13.0 Å². The molecule has 2 aliphatic carbocycles. The number of hydrogen-bond donors (Lipinski definition) is 1. The van der Waals surface area contributed by atoms with E-state index in [9.17, 15) is 5.11 Å². The quantitative estimate of drug-likeness (QED) is 0.858. The molecule has 0 radical (unpaired) electrons. The molecular weight excluding hydrogens is 268 g/mol. The monoisotopic (exact) mass is 286 g/mol. The molecule has 0 fully saturated rings. The van der Waals surface area contributed by atoms with Gasteiger partial charge in [0.25, 0.3) is 0 Å². The van der Waals surface area contributed by atoms with Gasteiger partial charge in [0.05, 0.1) is 13.2 Å². The third kappa shape index (κ3) is 1.48. The molecule has 2 aliphatic rings. The number of ether oxygens (including phenoxy) is 1. The summed E-state index contributed by atoms with van der Waals surface area (Å²) >= 11 is 1.85. The summed E-state index contributed by atoms with van der Waals surface area (Å²) in [4.78, 5) is 1.39. The number of aliphatic hydroxyl groups excluding tert-OH is 1. The smallest absolute Gasteiger partial charge is 0.120 e. The van der Waals surface area contributed by atoms with Gasteiger partial charge in [0.2, 0.25) is 0 Å². The Kier molecular flexibility index (Phi) is 2.54. The van der Waals surface area contributed by atoms with E-state index in [-0.39, 0.29) is 11.5 Å². The van der Waals surface area contributed by atoms with Crippen molar-refractivity contribution in [1.82, 2.24) is 0 Å². The fraction of sp³-hybridized carbons (Fsp3) is 0.412. The van der Waals surface area contributed by atoms with E-state index in [1.54, 1.807) is 7.11 Å². The molecule has 0 saturated heterocycles. The zero-order valence-corrected chi connectivity index (χ0v) is 12.6. The topological polar surface area (TPSA) is 29.5 Å². The highest BCUT2D eigenvalue weighted by Crippen LogP contribution is 2.55. The van der Waals surface area contributed by atoms with E-state index in [0.29, 0.717) is 0 Å². The second kappa shape index (κ2) is 4.09. The SMILES string of the molecule is COc1ccc2c3c(sc2c1)C1=CC[C@@H](O)[C@]1(C)CC3. The van der Waals surface area contributed by atoms with Crippen molar-refractivity contribution in [2.45, 2.75) is 32.3 Å². The molecule has 3 heteroatoms. The summed E-state index contributed by atoms with van der Waals surface area (Å²) in [5.41, 5.74) is 2.79. The van der Waals surface area contributed by atoms with Crippen LogP contribution in [0.5, 0.6) is 5.75 Å². The van der Waals surface area contributed by atoms with Gasteiger partial charge < -0.3 is 9.84 Å². The Hall–Kier alpha value is -1.32.